The highest BCUT2D eigenvalue weighted by Crippen LogP contribution is 2.28. The number of nitrogens with zero attached hydrogens (tertiary/aromatic N) is 4. The number of anilines is 3. The molecule has 1 aromatic heterocycles. The molecule has 6 nitrogen and oxygen atoms in total. The zero-order valence-electron chi connectivity index (χ0n) is 16.6. The van der Waals surface area contributed by atoms with Gasteiger partial charge in [-0.05, 0) is 49.7 Å². The first-order valence-electron chi connectivity index (χ1n) is 10.1. The van der Waals surface area contributed by atoms with E-state index in [2.05, 4.69) is 46.9 Å². The van der Waals surface area contributed by atoms with E-state index in [0.29, 0.717) is 23.5 Å². The van der Waals surface area contributed by atoms with Crippen molar-refractivity contribution in [1.82, 2.24) is 15.3 Å². The smallest absolute Gasteiger partial charge is 0.232 e. The van der Waals surface area contributed by atoms with Crippen LogP contribution in [0.3, 0.4) is 0 Å². The molecule has 27 heavy (non-hydrogen) atoms. The van der Waals surface area contributed by atoms with Crippen LogP contribution >= 0.6 is 12.2 Å². The van der Waals surface area contributed by atoms with Crippen LogP contribution in [0, 0.1) is 11.8 Å². The summed E-state index contributed by atoms with van der Waals surface area (Å²) in [7, 11) is 0. The molecular formula is C20H32N6S. The SMILES string of the molecule is C=CCNC(=S)Nc1nc(N2CCC(C)CC2)cc(N2CCC[C@H](C)C2)n1. The molecule has 0 spiro atoms. The van der Waals surface area contributed by atoms with Crippen LogP contribution in [0.25, 0.3) is 0 Å². The highest BCUT2D eigenvalue weighted by atomic mass is 32.1. The van der Waals surface area contributed by atoms with E-state index in [1.165, 1.54) is 25.7 Å². The van der Waals surface area contributed by atoms with Gasteiger partial charge in [0.25, 0.3) is 0 Å². The maximum Gasteiger partial charge on any atom is 0.232 e. The normalized spacial score (nSPS) is 21.0. The molecule has 7 heteroatoms. The molecule has 2 saturated heterocycles. The number of rotatable bonds is 5. The number of hydrogen-bond donors (Lipinski definition) is 2. The summed E-state index contributed by atoms with van der Waals surface area (Å²) in [4.78, 5) is 14.3. The predicted molar refractivity (Wildman–Crippen MR) is 118 cm³/mol. The second kappa shape index (κ2) is 9.35. The van der Waals surface area contributed by atoms with Crippen molar-refractivity contribution in [3.05, 3.63) is 18.7 Å². The molecule has 2 fully saturated rings. The minimum atomic E-state index is 0.525. The molecule has 2 aliphatic heterocycles. The average molecular weight is 389 g/mol. The third-order valence-electron chi connectivity index (χ3n) is 5.42. The molecule has 0 bridgehead atoms. The Morgan fingerprint density at radius 2 is 1.85 bits per heavy atom. The number of thiocarbonyl (C=S) groups is 1. The van der Waals surface area contributed by atoms with Crippen LogP contribution in [-0.2, 0) is 0 Å². The van der Waals surface area contributed by atoms with Gasteiger partial charge in [0.15, 0.2) is 5.11 Å². The van der Waals surface area contributed by atoms with Gasteiger partial charge in [-0.25, -0.2) is 0 Å². The highest BCUT2D eigenvalue weighted by molar-refractivity contribution is 7.80. The van der Waals surface area contributed by atoms with Gasteiger partial charge in [-0.15, -0.1) is 6.58 Å². The van der Waals surface area contributed by atoms with E-state index in [1.807, 2.05) is 0 Å². The lowest BCUT2D eigenvalue weighted by molar-refractivity contribution is 0.435. The number of hydrogen-bond acceptors (Lipinski definition) is 5. The maximum atomic E-state index is 5.36. The monoisotopic (exact) mass is 388 g/mol. The predicted octanol–water partition coefficient (Wildman–Crippen LogP) is 3.42. The highest BCUT2D eigenvalue weighted by Gasteiger charge is 2.22. The molecule has 0 aliphatic carbocycles. The van der Waals surface area contributed by atoms with Gasteiger partial charge in [0, 0.05) is 38.8 Å². The minimum Gasteiger partial charge on any atom is -0.359 e. The van der Waals surface area contributed by atoms with Gasteiger partial charge in [0.05, 0.1) is 0 Å². The lowest BCUT2D eigenvalue weighted by Crippen LogP contribution is -2.37. The van der Waals surface area contributed by atoms with Crippen LogP contribution in [-0.4, -0.2) is 47.8 Å². The Labute approximate surface area is 168 Å². The summed E-state index contributed by atoms with van der Waals surface area (Å²) < 4.78 is 0. The van der Waals surface area contributed by atoms with E-state index in [-0.39, 0.29) is 0 Å². The van der Waals surface area contributed by atoms with E-state index < -0.39 is 0 Å². The van der Waals surface area contributed by atoms with Crippen molar-refractivity contribution in [3.63, 3.8) is 0 Å². The molecular weight excluding hydrogens is 356 g/mol. The summed E-state index contributed by atoms with van der Waals surface area (Å²) in [5, 5.41) is 6.76. The summed E-state index contributed by atoms with van der Waals surface area (Å²) in [5.41, 5.74) is 0. The molecule has 2 aliphatic rings. The summed E-state index contributed by atoms with van der Waals surface area (Å²) in [6, 6.07) is 2.15. The van der Waals surface area contributed by atoms with Crippen LogP contribution in [0.5, 0.6) is 0 Å². The van der Waals surface area contributed by atoms with Gasteiger partial charge in [-0.1, -0.05) is 19.9 Å². The Morgan fingerprint density at radius 1 is 1.15 bits per heavy atom. The molecule has 3 rings (SSSR count). The minimum absolute atomic E-state index is 0.525. The van der Waals surface area contributed by atoms with Gasteiger partial charge >= 0.3 is 0 Å². The fraction of sp³-hybridized carbons (Fsp3) is 0.650. The maximum absolute atomic E-state index is 5.36. The van der Waals surface area contributed by atoms with Gasteiger partial charge in [0.2, 0.25) is 5.95 Å². The van der Waals surface area contributed by atoms with Crippen LogP contribution in [0.15, 0.2) is 18.7 Å². The Bertz CT molecular complexity index is 656. The Hall–Kier alpha value is -1.89. The number of nitrogens with one attached hydrogen (secondary N) is 2. The molecule has 3 heterocycles. The molecule has 0 saturated carbocycles. The molecule has 1 aromatic rings. The van der Waals surface area contributed by atoms with Gasteiger partial charge in [-0.2, -0.15) is 9.97 Å². The number of piperidine rings is 2. The van der Waals surface area contributed by atoms with Crippen molar-refractivity contribution in [2.24, 2.45) is 11.8 Å². The van der Waals surface area contributed by atoms with Crippen molar-refractivity contribution in [2.45, 2.75) is 39.5 Å². The molecule has 0 radical (unpaired) electrons. The van der Waals surface area contributed by atoms with E-state index in [4.69, 9.17) is 22.2 Å². The van der Waals surface area contributed by atoms with E-state index in [9.17, 15) is 0 Å². The van der Waals surface area contributed by atoms with Crippen molar-refractivity contribution in [2.75, 3.05) is 47.8 Å². The third-order valence-corrected chi connectivity index (χ3v) is 5.67. The van der Waals surface area contributed by atoms with E-state index in [0.717, 1.165) is 43.7 Å². The number of aromatic nitrogens is 2. The topological polar surface area (TPSA) is 56.3 Å². The van der Waals surface area contributed by atoms with Crippen molar-refractivity contribution < 1.29 is 0 Å². The van der Waals surface area contributed by atoms with E-state index >= 15 is 0 Å². The Morgan fingerprint density at radius 3 is 2.52 bits per heavy atom. The summed E-state index contributed by atoms with van der Waals surface area (Å²) in [5.74, 6) is 4.05. The van der Waals surface area contributed by atoms with Crippen LogP contribution in [0.1, 0.15) is 39.5 Å². The first kappa shape index (κ1) is 19.9. The summed E-state index contributed by atoms with van der Waals surface area (Å²) in [6.07, 6.45) is 6.70. The van der Waals surface area contributed by atoms with Crippen LogP contribution in [0.2, 0.25) is 0 Å². The third kappa shape index (κ3) is 5.54. The fourth-order valence-corrected chi connectivity index (χ4v) is 3.92. The standard InChI is InChI=1S/C20H32N6S/c1-4-9-21-20(27)24-19-22-17(25-11-7-15(2)8-12-25)13-18(23-19)26-10-5-6-16(3)14-26/h4,13,15-16H,1,5-12,14H2,2-3H3,(H2,21,22,23,24,27)/t16-/m0/s1. The van der Waals surface area contributed by atoms with Crippen molar-refractivity contribution in [3.8, 4) is 0 Å². The zero-order chi connectivity index (χ0) is 19.2. The largest absolute Gasteiger partial charge is 0.359 e. The molecule has 0 amide bonds. The van der Waals surface area contributed by atoms with Crippen LogP contribution < -0.4 is 20.4 Å². The molecule has 1 atom stereocenters. The molecule has 0 unspecified atom stereocenters. The lowest BCUT2D eigenvalue weighted by atomic mass is 9.99. The molecule has 0 aromatic carbocycles. The Balaban J connectivity index is 1.82. The summed E-state index contributed by atoms with van der Waals surface area (Å²) >= 11 is 5.36. The molecule has 148 valence electrons. The first-order chi connectivity index (χ1) is 13.0. The van der Waals surface area contributed by atoms with Crippen molar-refractivity contribution in [1.29, 1.82) is 0 Å². The lowest BCUT2D eigenvalue weighted by Gasteiger charge is -2.34. The van der Waals surface area contributed by atoms with Crippen LogP contribution in [0.4, 0.5) is 17.6 Å². The van der Waals surface area contributed by atoms with Gasteiger partial charge in [-0.3, -0.25) is 0 Å². The fourth-order valence-electron chi connectivity index (χ4n) is 3.75. The zero-order valence-corrected chi connectivity index (χ0v) is 17.4. The summed E-state index contributed by atoms with van der Waals surface area (Å²) in [6.45, 7) is 13.2. The quantitative estimate of drug-likeness (QED) is 0.592. The molecule has 2 N–H and O–H groups in total. The van der Waals surface area contributed by atoms with Gasteiger partial charge in [0.1, 0.15) is 11.6 Å². The van der Waals surface area contributed by atoms with Crippen molar-refractivity contribution >= 4 is 34.9 Å². The second-order valence-electron chi connectivity index (χ2n) is 7.89. The average Bonchev–Trinajstić information content (AvgIpc) is 2.66. The Kier molecular flexibility index (Phi) is 6.88. The first-order valence-corrected chi connectivity index (χ1v) is 10.5. The second-order valence-corrected chi connectivity index (χ2v) is 8.30. The van der Waals surface area contributed by atoms with Gasteiger partial charge < -0.3 is 20.4 Å². The van der Waals surface area contributed by atoms with E-state index in [1.54, 1.807) is 6.08 Å².